The first kappa shape index (κ1) is 14.7. The third-order valence-electron chi connectivity index (χ3n) is 4.42. The maximum absolute atomic E-state index is 12.5. The van der Waals surface area contributed by atoms with E-state index >= 15 is 0 Å². The number of rotatable bonds is 3. The molecule has 0 aliphatic heterocycles. The average molecular weight is 300 g/mol. The number of amides is 1. The van der Waals surface area contributed by atoms with E-state index in [2.05, 4.69) is 10.3 Å². The molecule has 2 aromatic rings. The summed E-state index contributed by atoms with van der Waals surface area (Å²) in [5.74, 6) is -0.388. The lowest BCUT2D eigenvalue weighted by Crippen LogP contribution is -2.52. The molecule has 0 atom stereocenters. The molecule has 0 radical (unpaired) electrons. The van der Waals surface area contributed by atoms with Gasteiger partial charge in [-0.2, -0.15) is 0 Å². The number of aromatic nitrogens is 2. The molecule has 2 aromatic heterocycles. The van der Waals surface area contributed by atoms with Crippen LogP contribution in [0.1, 0.15) is 41.6 Å². The fraction of sp³-hybridized carbons (Fsp3) is 0.438. The molecule has 0 unspecified atom stereocenters. The van der Waals surface area contributed by atoms with Gasteiger partial charge in [-0.1, -0.05) is 18.9 Å². The number of nitrogens with zero attached hydrogens (tertiary/aromatic N) is 2. The van der Waals surface area contributed by atoms with Gasteiger partial charge in [-0.05, 0) is 31.4 Å². The number of carbonyl (C=O) groups excluding carboxylic acids is 1. The molecule has 3 N–H and O–H groups in total. The third-order valence-corrected chi connectivity index (χ3v) is 4.42. The smallest absolute Gasteiger partial charge is 0.270 e. The fourth-order valence-corrected chi connectivity index (χ4v) is 3.08. The summed E-state index contributed by atoms with van der Waals surface area (Å²) in [6.07, 6.45) is 6.85. The van der Waals surface area contributed by atoms with Crippen LogP contribution in [-0.4, -0.2) is 27.4 Å². The van der Waals surface area contributed by atoms with Gasteiger partial charge in [0.05, 0.1) is 5.54 Å². The second-order valence-corrected chi connectivity index (χ2v) is 6.06. The molecule has 116 valence electrons. The van der Waals surface area contributed by atoms with Gasteiger partial charge in [0, 0.05) is 18.9 Å². The summed E-state index contributed by atoms with van der Waals surface area (Å²) in [4.78, 5) is 29.2. The van der Waals surface area contributed by atoms with Crippen LogP contribution in [0, 0.1) is 6.92 Å². The van der Waals surface area contributed by atoms with Gasteiger partial charge in [-0.15, -0.1) is 0 Å². The molecule has 0 spiro atoms. The maximum atomic E-state index is 12.5. The quantitative estimate of drug-likeness (QED) is 0.885. The zero-order valence-electron chi connectivity index (χ0n) is 12.6. The largest absolute Gasteiger partial charge is 0.345 e. The number of fused-ring (bicyclic) bond motifs is 1. The van der Waals surface area contributed by atoms with Crippen molar-refractivity contribution in [2.75, 3.05) is 6.54 Å². The Hall–Kier alpha value is -2.21. The summed E-state index contributed by atoms with van der Waals surface area (Å²) in [7, 11) is 0. The second-order valence-electron chi connectivity index (χ2n) is 6.06. The zero-order chi connectivity index (χ0) is 15.7. The van der Waals surface area contributed by atoms with Gasteiger partial charge >= 0.3 is 0 Å². The molecule has 22 heavy (non-hydrogen) atoms. The van der Waals surface area contributed by atoms with E-state index in [0.29, 0.717) is 12.2 Å². The van der Waals surface area contributed by atoms with Crippen LogP contribution >= 0.6 is 0 Å². The average Bonchev–Trinajstić information content (AvgIpc) is 2.97. The van der Waals surface area contributed by atoms with Crippen LogP contribution in [0.2, 0.25) is 0 Å². The highest BCUT2D eigenvalue weighted by molar-refractivity contribution is 5.94. The van der Waals surface area contributed by atoms with Crippen LogP contribution in [-0.2, 0) is 0 Å². The van der Waals surface area contributed by atoms with Gasteiger partial charge in [0.15, 0.2) is 0 Å². The molecule has 0 aromatic carbocycles. The van der Waals surface area contributed by atoms with E-state index < -0.39 is 0 Å². The van der Waals surface area contributed by atoms with Crippen molar-refractivity contribution in [3.05, 3.63) is 46.0 Å². The Balaban J connectivity index is 1.97. The summed E-state index contributed by atoms with van der Waals surface area (Å²) in [6, 6.07) is 3.64. The van der Waals surface area contributed by atoms with Crippen LogP contribution in [0.15, 0.2) is 29.3 Å². The third kappa shape index (κ3) is 2.50. The normalized spacial score (nSPS) is 16.8. The molecular formula is C16H20N4O2. The van der Waals surface area contributed by atoms with Gasteiger partial charge in [0.2, 0.25) is 0 Å². The van der Waals surface area contributed by atoms with Crippen molar-refractivity contribution in [3.8, 4) is 0 Å². The Morgan fingerprint density at radius 1 is 1.41 bits per heavy atom. The van der Waals surface area contributed by atoms with Gasteiger partial charge < -0.3 is 11.1 Å². The van der Waals surface area contributed by atoms with Crippen LogP contribution in [0.25, 0.3) is 5.65 Å². The number of hydrogen-bond donors (Lipinski definition) is 2. The molecule has 0 bridgehead atoms. The van der Waals surface area contributed by atoms with Crippen LogP contribution in [0.3, 0.4) is 0 Å². The lowest BCUT2D eigenvalue weighted by atomic mass is 9.97. The highest BCUT2D eigenvalue weighted by Gasteiger charge is 2.34. The SMILES string of the molecule is Cc1ccc2ncc(C(=O)NC3(CN)CCCC3)c(=O)n2c1. The monoisotopic (exact) mass is 300 g/mol. The molecule has 0 saturated heterocycles. The van der Waals surface area contributed by atoms with Gasteiger partial charge in [0.25, 0.3) is 11.5 Å². The molecule has 1 fully saturated rings. The van der Waals surface area contributed by atoms with Crippen LogP contribution < -0.4 is 16.6 Å². The lowest BCUT2D eigenvalue weighted by Gasteiger charge is -2.28. The highest BCUT2D eigenvalue weighted by atomic mass is 16.2. The minimum absolute atomic E-state index is 0.0582. The van der Waals surface area contributed by atoms with E-state index in [9.17, 15) is 9.59 Å². The number of carbonyl (C=O) groups is 1. The van der Waals surface area contributed by atoms with E-state index in [0.717, 1.165) is 31.2 Å². The predicted molar refractivity (Wildman–Crippen MR) is 83.9 cm³/mol. The number of aryl methyl sites for hydroxylation is 1. The van der Waals surface area contributed by atoms with E-state index in [1.807, 2.05) is 13.0 Å². The van der Waals surface area contributed by atoms with Gasteiger partial charge in [-0.3, -0.25) is 14.0 Å². The van der Waals surface area contributed by atoms with Crippen molar-refractivity contribution in [2.45, 2.75) is 38.1 Å². The van der Waals surface area contributed by atoms with Gasteiger partial charge in [-0.25, -0.2) is 4.98 Å². The van der Waals surface area contributed by atoms with Crippen molar-refractivity contribution >= 4 is 11.6 Å². The number of pyridine rings is 1. The van der Waals surface area contributed by atoms with Crippen molar-refractivity contribution in [1.29, 1.82) is 0 Å². The van der Waals surface area contributed by atoms with E-state index in [-0.39, 0.29) is 22.6 Å². The first-order valence-corrected chi connectivity index (χ1v) is 7.55. The lowest BCUT2D eigenvalue weighted by molar-refractivity contribution is 0.0901. The molecule has 1 aliphatic carbocycles. The van der Waals surface area contributed by atoms with Crippen molar-refractivity contribution < 1.29 is 4.79 Å². The summed E-state index contributed by atoms with van der Waals surface area (Å²) < 4.78 is 1.41. The van der Waals surface area contributed by atoms with Crippen molar-refractivity contribution in [1.82, 2.24) is 14.7 Å². The topological polar surface area (TPSA) is 89.5 Å². The highest BCUT2D eigenvalue weighted by Crippen LogP contribution is 2.28. The first-order valence-electron chi connectivity index (χ1n) is 7.55. The molecular weight excluding hydrogens is 280 g/mol. The molecule has 2 heterocycles. The Bertz CT molecular complexity index is 775. The zero-order valence-corrected chi connectivity index (χ0v) is 12.6. The minimum atomic E-state index is -0.388. The van der Waals surface area contributed by atoms with E-state index in [4.69, 9.17) is 5.73 Å². The maximum Gasteiger partial charge on any atom is 0.270 e. The molecule has 1 amide bonds. The molecule has 6 heteroatoms. The Morgan fingerprint density at radius 2 is 2.14 bits per heavy atom. The Labute approximate surface area is 128 Å². The molecule has 3 rings (SSSR count). The van der Waals surface area contributed by atoms with Gasteiger partial charge in [0.1, 0.15) is 11.2 Å². The van der Waals surface area contributed by atoms with Crippen molar-refractivity contribution in [2.24, 2.45) is 5.73 Å². The standard InChI is InChI=1S/C16H20N4O2/c1-11-4-5-13-18-8-12(15(22)20(13)9-11)14(21)19-16(10-17)6-2-3-7-16/h4-5,8-9H,2-3,6-7,10,17H2,1H3,(H,19,21). The summed E-state index contributed by atoms with van der Waals surface area (Å²) in [5, 5.41) is 2.96. The summed E-state index contributed by atoms with van der Waals surface area (Å²) in [6.45, 7) is 2.28. The molecule has 6 nitrogen and oxygen atoms in total. The van der Waals surface area contributed by atoms with Crippen LogP contribution in [0.5, 0.6) is 0 Å². The minimum Gasteiger partial charge on any atom is -0.345 e. The summed E-state index contributed by atoms with van der Waals surface area (Å²) >= 11 is 0. The number of hydrogen-bond acceptors (Lipinski definition) is 4. The predicted octanol–water partition coefficient (Wildman–Crippen LogP) is 1.00. The summed E-state index contributed by atoms with van der Waals surface area (Å²) in [5.41, 5.74) is 6.62. The molecule has 1 saturated carbocycles. The molecule has 1 aliphatic rings. The first-order chi connectivity index (χ1) is 10.5. The van der Waals surface area contributed by atoms with E-state index in [1.54, 1.807) is 12.3 Å². The van der Waals surface area contributed by atoms with Crippen molar-refractivity contribution in [3.63, 3.8) is 0 Å². The fourth-order valence-electron chi connectivity index (χ4n) is 3.08. The van der Waals surface area contributed by atoms with E-state index in [1.165, 1.54) is 10.6 Å². The Morgan fingerprint density at radius 3 is 2.82 bits per heavy atom. The number of nitrogens with two attached hydrogens (primary N) is 1. The second kappa shape index (κ2) is 5.53. The number of nitrogens with one attached hydrogen (secondary N) is 1. The van der Waals surface area contributed by atoms with Crippen LogP contribution in [0.4, 0.5) is 0 Å². The Kier molecular flexibility index (Phi) is 3.70.